The molecule has 3 nitrogen and oxygen atoms in total. The van der Waals surface area contributed by atoms with Crippen LogP contribution in [0.25, 0.3) is 0 Å². The number of allylic oxidation sites excluding steroid dienone is 1. The van der Waals surface area contributed by atoms with Gasteiger partial charge in [0.25, 0.3) is 0 Å². The number of hydrogen-bond acceptors (Lipinski definition) is 3. The van der Waals surface area contributed by atoms with Gasteiger partial charge in [0.2, 0.25) is 0 Å². The van der Waals surface area contributed by atoms with Gasteiger partial charge in [-0.3, -0.25) is 0 Å². The van der Waals surface area contributed by atoms with Gasteiger partial charge in [-0.1, -0.05) is 42.5 Å². The predicted molar refractivity (Wildman–Crippen MR) is 102 cm³/mol. The van der Waals surface area contributed by atoms with E-state index >= 15 is 0 Å². The molecule has 4 unspecified atom stereocenters. The smallest absolute Gasteiger partial charge is 0.116 e. The Bertz CT molecular complexity index is 815. The highest BCUT2D eigenvalue weighted by Gasteiger charge is 2.55. The number of benzene rings is 2. The SMILES string of the molecule is C=CCC12CC(O)C(O)(c3ccccc3)CC1CCc1cc(O)ccc12. The third-order valence-electron chi connectivity index (χ3n) is 6.62. The van der Waals surface area contributed by atoms with Crippen molar-refractivity contribution < 1.29 is 15.3 Å². The second-order valence-corrected chi connectivity index (χ2v) is 7.94. The quantitative estimate of drug-likeness (QED) is 0.738. The van der Waals surface area contributed by atoms with Crippen LogP contribution >= 0.6 is 0 Å². The summed E-state index contributed by atoms with van der Waals surface area (Å²) in [5, 5.41) is 32.3. The predicted octanol–water partition coefficient (Wildman–Crippen LogP) is 3.81. The van der Waals surface area contributed by atoms with Gasteiger partial charge in [-0.15, -0.1) is 6.58 Å². The highest BCUT2D eigenvalue weighted by Crippen LogP contribution is 2.57. The lowest BCUT2D eigenvalue weighted by atomic mass is 9.51. The van der Waals surface area contributed by atoms with Crippen molar-refractivity contribution in [2.24, 2.45) is 5.92 Å². The van der Waals surface area contributed by atoms with Gasteiger partial charge in [0.05, 0.1) is 6.10 Å². The summed E-state index contributed by atoms with van der Waals surface area (Å²) in [6.07, 6.45) is 4.69. The van der Waals surface area contributed by atoms with Gasteiger partial charge in [-0.05, 0) is 66.8 Å². The first-order valence-corrected chi connectivity index (χ1v) is 9.39. The third-order valence-corrected chi connectivity index (χ3v) is 6.62. The van der Waals surface area contributed by atoms with Crippen molar-refractivity contribution in [3.05, 3.63) is 77.9 Å². The minimum atomic E-state index is -1.22. The Labute approximate surface area is 154 Å². The van der Waals surface area contributed by atoms with E-state index in [-0.39, 0.29) is 17.1 Å². The molecule has 0 amide bonds. The first kappa shape index (κ1) is 17.3. The molecule has 3 heteroatoms. The van der Waals surface area contributed by atoms with Crippen molar-refractivity contribution in [3.63, 3.8) is 0 Å². The molecule has 1 saturated carbocycles. The molecule has 0 heterocycles. The fraction of sp³-hybridized carbons (Fsp3) is 0.391. The molecule has 0 radical (unpaired) electrons. The number of hydrogen-bond donors (Lipinski definition) is 3. The molecule has 136 valence electrons. The molecule has 2 aliphatic rings. The van der Waals surface area contributed by atoms with Crippen molar-refractivity contribution in [2.45, 2.75) is 49.2 Å². The van der Waals surface area contributed by atoms with Crippen molar-refractivity contribution in [2.75, 3.05) is 0 Å². The average molecular weight is 350 g/mol. The number of aromatic hydroxyl groups is 1. The van der Waals surface area contributed by atoms with E-state index in [9.17, 15) is 15.3 Å². The average Bonchev–Trinajstić information content (AvgIpc) is 2.64. The zero-order valence-corrected chi connectivity index (χ0v) is 14.9. The maximum atomic E-state index is 11.4. The maximum absolute atomic E-state index is 11.4. The van der Waals surface area contributed by atoms with Crippen LogP contribution in [0.3, 0.4) is 0 Å². The number of fused-ring (bicyclic) bond motifs is 3. The minimum Gasteiger partial charge on any atom is -0.508 e. The van der Waals surface area contributed by atoms with Crippen LogP contribution in [0.1, 0.15) is 42.4 Å². The zero-order chi connectivity index (χ0) is 18.4. The first-order valence-electron chi connectivity index (χ1n) is 9.39. The minimum absolute atomic E-state index is 0.233. The lowest BCUT2D eigenvalue weighted by Gasteiger charge is -2.55. The molecule has 0 aromatic heterocycles. The van der Waals surface area contributed by atoms with Crippen LogP contribution < -0.4 is 0 Å². The summed E-state index contributed by atoms with van der Waals surface area (Å²) in [7, 11) is 0. The standard InChI is InChI=1S/C23H26O3/c1-2-12-22-15-21(25)23(26,17-6-4-3-5-7-17)14-18(22)9-8-16-13-19(24)10-11-20(16)22/h2-7,10-11,13,18,21,24-26H,1,8-9,12,14-15H2. The Kier molecular flexibility index (Phi) is 4.17. The van der Waals surface area contributed by atoms with Crippen molar-refractivity contribution >= 4 is 0 Å². The molecule has 4 atom stereocenters. The zero-order valence-electron chi connectivity index (χ0n) is 14.9. The van der Waals surface area contributed by atoms with Crippen molar-refractivity contribution in [1.82, 2.24) is 0 Å². The van der Waals surface area contributed by atoms with Crippen LogP contribution in [0.2, 0.25) is 0 Å². The Balaban J connectivity index is 1.79. The summed E-state index contributed by atoms with van der Waals surface area (Å²) in [5.41, 5.74) is 1.69. The molecule has 4 rings (SSSR count). The van der Waals surface area contributed by atoms with E-state index in [1.165, 1.54) is 5.56 Å². The summed E-state index contributed by atoms with van der Waals surface area (Å²) in [5.74, 6) is 0.541. The first-order chi connectivity index (χ1) is 12.5. The molecule has 0 bridgehead atoms. The monoisotopic (exact) mass is 350 g/mol. The number of aryl methyl sites for hydroxylation is 1. The highest BCUT2D eigenvalue weighted by atomic mass is 16.3. The molecule has 1 fully saturated rings. The maximum Gasteiger partial charge on any atom is 0.116 e. The number of phenols is 1. The molecule has 2 aromatic carbocycles. The van der Waals surface area contributed by atoms with E-state index in [2.05, 4.69) is 6.58 Å². The van der Waals surface area contributed by atoms with Crippen molar-refractivity contribution in [1.29, 1.82) is 0 Å². The van der Waals surface area contributed by atoms with Crippen LogP contribution in [0, 0.1) is 5.92 Å². The fourth-order valence-corrected chi connectivity index (χ4v) is 5.35. The van der Waals surface area contributed by atoms with Gasteiger partial charge in [0.15, 0.2) is 0 Å². The lowest BCUT2D eigenvalue weighted by molar-refractivity contribution is -0.145. The van der Waals surface area contributed by atoms with Crippen LogP contribution in [-0.4, -0.2) is 21.4 Å². The van der Waals surface area contributed by atoms with E-state index < -0.39 is 11.7 Å². The molecule has 0 saturated heterocycles. The number of rotatable bonds is 3. The molecular formula is C23H26O3. The van der Waals surface area contributed by atoms with Crippen LogP contribution in [0.15, 0.2) is 61.2 Å². The Morgan fingerprint density at radius 2 is 1.88 bits per heavy atom. The van der Waals surface area contributed by atoms with Crippen LogP contribution in [-0.2, 0) is 17.4 Å². The van der Waals surface area contributed by atoms with Gasteiger partial charge in [0.1, 0.15) is 11.4 Å². The largest absolute Gasteiger partial charge is 0.508 e. The molecule has 0 spiro atoms. The van der Waals surface area contributed by atoms with Crippen molar-refractivity contribution in [3.8, 4) is 5.75 Å². The summed E-state index contributed by atoms with van der Waals surface area (Å²) < 4.78 is 0. The fourth-order valence-electron chi connectivity index (χ4n) is 5.35. The molecule has 3 N–H and O–H groups in total. The summed E-state index contributed by atoms with van der Waals surface area (Å²) in [4.78, 5) is 0. The van der Waals surface area contributed by atoms with E-state index in [0.29, 0.717) is 12.8 Å². The van der Waals surface area contributed by atoms with Crippen LogP contribution in [0.4, 0.5) is 0 Å². The Morgan fingerprint density at radius 3 is 2.62 bits per heavy atom. The lowest BCUT2D eigenvalue weighted by Crippen LogP contribution is -2.56. The summed E-state index contributed by atoms with van der Waals surface area (Å²) >= 11 is 0. The number of aliphatic hydroxyl groups excluding tert-OH is 1. The molecular weight excluding hydrogens is 324 g/mol. The van der Waals surface area contributed by atoms with E-state index in [4.69, 9.17) is 0 Å². The van der Waals surface area contributed by atoms with Gasteiger partial charge >= 0.3 is 0 Å². The normalized spacial score (nSPS) is 33.2. The molecule has 2 aromatic rings. The highest BCUT2D eigenvalue weighted by molar-refractivity contribution is 5.44. The second kappa shape index (κ2) is 6.26. The van der Waals surface area contributed by atoms with E-state index in [0.717, 1.165) is 30.4 Å². The number of phenolic OH excluding ortho intramolecular Hbond substituents is 1. The Morgan fingerprint density at radius 1 is 1.12 bits per heavy atom. The summed E-state index contributed by atoms with van der Waals surface area (Å²) in [6.45, 7) is 3.96. The van der Waals surface area contributed by atoms with E-state index in [1.54, 1.807) is 6.07 Å². The van der Waals surface area contributed by atoms with Crippen LogP contribution in [0.5, 0.6) is 5.75 Å². The molecule has 2 aliphatic carbocycles. The summed E-state index contributed by atoms with van der Waals surface area (Å²) in [6, 6.07) is 15.1. The van der Waals surface area contributed by atoms with Gasteiger partial charge in [0, 0.05) is 5.41 Å². The second-order valence-electron chi connectivity index (χ2n) is 7.94. The van der Waals surface area contributed by atoms with Gasteiger partial charge in [-0.2, -0.15) is 0 Å². The molecule has 26 heavy (non-hydrogen) atoms. The van der Waals surface area contributed by atoms with E-state index in [1.807, 2.05) is 48.5 Å². The molecule has 0 aliphatic heterocycles. The van der Waals surface area contributed by atoms with Gasteiger partial charge in [-0.25, -0.2) is 0 Å². The number of aliphatic hydroxyl groups is 2. The third kappa shape index (κ3) is 2.50. The van der Waals surface area contributed by atoms with Gasteiger partial charge < -0.3 is 15.3 Å². The topological polar surface area (TPSA) is 60.7 Å². The Hall–Kier alpha value is -2.10.